The van der Waals surface area contributed by atoms with E-state index in [1.807, 2.05) is 0 Å². The third kappa shape index (κ3) is 5.11. The van der Waals surface area contributed by atoms with Crippen molar-refractivity contribution in [2.75, 3.05) is 13.1 Å². The summed E-state index contributed by atoms with van der Waals surface area (Å²) < 4.78 is 74.9. The van der Waals surface area contributed by atoms with Crippen molar-refractivity contribution in [1.82, 2.24) is 14.3 Å². The van der Waals surface area contributed by atoms with Crippen LogP contribution in [0, 0.1) is 0 Å². The highest BCUT2D eigenvalue weighted by molar-refractivity contribution is 9.10. The Labute approximate surface area is 167 Å². The van der Waals surface area contributed by atoms with Gasteiger partial charge < -0.3 is 9.47 Å². The third-order valence-corrected chi connectivity index (χ3v) is 6.22. The average Bonchev–Trinajstić information content (AvgIpc) is 2.63. The fraction of sp³-hybridized carbons (Fsp3) is 0.375. The lowest BCUT2D eigenvalue weighted by molar-refractivity contribution is -0.275. The molecule has 0 radical (unpaired) electrons. The van der Waals surface area contributed by atoms with E-state index in [9.17, 15) is 21.6 Å². The molecule has 28 heavy (non-hydrogen) atoms. The minimum absolute atomic E-state index is 0.0396. The molecule has 2 aromatic rings. The number of ether oxygens (including phenoxy) is 2. The first-order valence-corrected chi connectivity index (χ1v) is 10.4. The van der Waals surface area contributed by atoms with Gasteiger partial charge in [0.25, 0.3) is 0 Å². The zero-order valence-corrected chi connectivity index (χ0v) is 16.7. The molecule has 3 rings (SSSR count). The zero-order chi connectivity index (χ0) is 20.4. The van der Waals surface area contributed by atoms with Crippen LogP contribution in [0.25, 0.3) is 0 Å². The number of piperidine rings is 1. The molecular weight excluding hydrogens is 467 g/mol. The molecule has 152 valence electrons. The van der Waals surface area contributed by atoms with E-state index < -0.39 is 33.1 Å². The van der Waals surface area contributed by atoms with Crippen LogP contribution in [0.4, 0.5) is 13.2 Å². The summed E-state index contributed by atoms with van der Waals surface area (Å²) in [6.07, 6.45) is -1.51. The molecule has 0 amide bonds. The molecule has 1 aromatic carbocycles. The Bertz CT molecular complexity index is 925. The Kier molecular flexibility index (Phi) is 6.10. The molecule has 1 aromatic heterocycles. The van der Waals surface area contributed by atoms with Crippen molar-refractivity contribution in [2.45, 2.75) is 30.2 Å². The van der Waals surface area contributed by atoms with Crippen molar-refractivity contribution in [3.8, 4) is 11.8 Å². The fourth-order valence-electron chi connectivity index (χ4n) is 2.74. The number of sulfonamides is 1. The monoisotopic (exact) mass is 481 g/mol. The predicted octanol–water partition coefficient (Wildman–Crippen LogP) is 3.37. The SMILES string of the molecule is O=S(=O)(c1ccccc1OC(F)(F)F)N1CCCC(Oc2ncc(Br)cn2)C1. The molecule has 0 spiro atoms. The van der Waals surface area contributed by atoms with E-state index in [0.29, 0.717) is 17.3 Å². The molecule has 0 aliphatic carbocycles. The first-order valence-electron chi connectivity index (χ1n) is 8.14. The van der Waals surface area contributed by atoms with Crippen molar-refractivity contribution >= 4 is 26.0 Å². The van der Waals surface area contributed by atoms with Gasteiger partial charge in [-0.05, 0) is 40.9 Å². The highest BCUT2D eigenvalue weighted by Crippen LogP contribution is 2.32. The number of rotatable bonds is 5. The van der Waals surface area contributed by atoms with Crippen LogP contribution in [-0.4, -0.2) is 48.2 Å². The van der Waals surface area contributed by atoms with Crippen molar-refractivity contribution in [3.63, 3.8) is 0 Å². The number of hydrogen-bond acceptors (Lipinski definition) is 6. The number of halogens is 4. The Balaban J connectivity index is 1.79. The van der Waals surface area contributed by atoms with E-state index in [1.54, 1.807) is 0 Å². The van der Waals surface area contributed by atoms with Gasteiger partial charge in [0.15, 0.2) is 0 Å². The van der Waals surface area contributed by atoms with Gasteiger partial charge in [-0.1, -0.05) is 12.1 Å². The largest absolute Gasteiger partial charge is 0.573 e. The Morgan fingerprint density at radius 2 is 1.86 bits per heavy atom. The number of nitrogens with zero attached hydrogens (tertiary/aromatic N) is 3. The molecule has 1 unspecified atom stereocenters. The Morgan fingerprint density at radius 3 is 2.54 bits per heavy atom. The van der Waals surface area contributed by atoms with Crippen molar-refractivity contribution in [3.05, 3.63) is 41.1 Å². The van der Waals surface area contributed by atoms with Gasteiger partial charge in [-0.25, -0.2) is 18.4 Å². The van der Waals surface area contributed by atoms with Crippen LogP contribution in [0.5, 0.6) is 11.8 Å². The summed E-state index contributed by atoms with van der Waals surface area (Å²) >= 11 is 3.20. The summed E-state index contributed by atoms with van der Waals surface area (Å²) in [5.41, 5.74) is 0. The summed E-state index contributed by atoms with van der Waals surface area (Å²) in [6.45, 7) is 0.117. The molecule has 7 nitrogen and oxygen atoms in total. The molecule has 1 saturated heterocycles. The molecule has 1 fully saturated rings. The number of hydrogen-bond donors (Lipinski definition) is 0. The zero-order valence-electron chi connectivity index (χ0n) is 14.3. The van der Waals surface area contributed by atoms with Crippen LogP contribution in [-0.2, 0) is 10.0 Å². The van der Waals surface area contributed by atoms with Gasteiger partial charge in [0.05, 0.1) is 11.0 Å². The maximum atomic E-state index is 12.9. The number of benzene rings is 1. The second-order valence-electron chi connectivity index (χ2n) is 5.92. The molecule has 1 atom stereocenters. The number of aromatic nitrogens is 2. The maximum absolute atomic E-state index is 12.9. The topological polar surface area (TPSA) is 81.6 Å². The lowest BCUT2D eigenvalue weighted by Gasteiger charge is -2.31. The predicted molar refractivity (Wildman–Crippen MR) is 95.3 cm³/mol. The van der Waals surface area contributed by atoms with Gasteiger partial charge in [-0.3, -0.25) is 0 Å². The van der Waals surface area contributed by atoms with Crippen LogP contribution in [0.15, 0.2) is 46.0 Å². The Hall–Kier alpha value is -1.92. The lowest BCUT2D eigenvalue weighted by atomic mass is 10.1. The second-order valence-corrected chi connectivity index (χ2v) is 8.75. The molecule has 0 bridgehead atoms. The highest BCUT2D eigenvalue weighted by Gasteiger charge is 2.37. The summed E-state index contributed by atoms with van der Waals surface area (Å²) in [5, 5.41) is 0. The molecule has 12 heteroatoms. The van der Waals surface area contributed by atoms with Gasteiger partial charge in [-0.15, -0.1) is 13.2 Å². The van der Waals surface area contributed by atoms with Crippen LogP contribution in [0.3, 0.4) is 0 Å². The van der Waals surface area contributed by atoms with E-state index >= 15 is 0 Å². The van der Waals surface area contributed by atoms with E-state index in [-0.39, 0.29) is 19.1 Å². The van der Waals surface area contributed by atoms with Crippen LogP contribution < -0.4 is 9.47 Å². The van der Waals surface area contributed by atoms with Crippen LogP contribution in [0.2, 0.25) is 0 Å². The first kappa shape index (κ1) is 20.8. The highest BCUT2D eigenvalue weighted by atomic mass is 79.9. The molecule has 1 aliphatic rings. The van der Waals surface area contributed by atoms with Gasteiger partial charge in [-0.2, -0.15) is 4.31 Å². The van der Waals surface area contributed by atoms with Gasteiger partial charge >= 0.3 is 12.4 Å². The summed E-state index contributed by atoms with van der Waals surface area (Å²) in [6, 6.07) is 4.75. The van der Waals surface area contributed by atoms with E-state index in [0.717, 1.165) is 16.4 Å². The smallest absolute Gasteiger partial charge is 0.459 e. The number of alkyl halides is 3. The third-order valence-electron chi connectivity index (χ3n) is 3.90. The molecular formula is C16H15BrF3N3O4S. The lowest BCUT2D eigenvalue weighted by Crippen LogP contribution is -2.44. The van der Waals surface area contributed by atoms with Crippen molar-refractivity contribution < 1.29 is 31.1 Å². The minimum Gasteiger partial charge on any atom is -0.459 e. The van der Waals surface area contributed by atoms with Gasteiger partial charge in [0, 0.05) is 18.9 Å². The van der Waals surface area contributed by atoms with E-state index in [2.05, 4.69) is 30.6 Å². The molecule has 0 N–H and O–H groups in total. The normalized spacial score (nSPS) is 18.6. The second kappa shape index (κ2) is 8.21. The van der Waals surface area contributed by atoms with Crippen molar-refractivity contribution in [1.29, 1.82) is 0 Å². The molecule has 2 heterocycles. The first-order chi connectivity index (χ1) is 13.1. The van der Waals surface area contributed by atoms with Gasteiger partial charge in [0.2, 0.25) is 10.0 Å². The van der Waals surface area contributed by atoms with Crippen LogP contribution >= 0.6 is 15.9 Å². The molecule has 0 saturated carbocycles. The van der Waals surface area contributed by atoms with E-state index in [4.69, 9.17) is 4.74 Å². The molecule has 1 aliphatic heterocycles. The summed E-state index contributed by atoms with van der Waals surface area (Å²) in [5.74, 6) is -0.769. The van der Waals surface area contributed by atoms with Crippen LogP contribution in [0.1, 0.15) is 12.8 Å². The van der Waals surface area contributed by atoms with Gasteiger partial charge in [0.1, 0.15) is 16.7 Å². The van der Waals surface area contributed by atoms with Crippen molar-refractivity contribution in [2.24, 2.45) is 0 Å². The summed E-state index contributed by atoms with van der Waals surface area (Å²) in [7, 11) is -4.22. The van der Waals surface area contributed by atoms with E-state index in [1.165, 1.54) is 24.5 Å². The standard InChI is InChI=1S/C16H15BrF3N3O4S/c17-11-8-21-15(22-9-11)26-12-4-3-7-23(10-12)28(24,25)14-6-2-1-5-13(14)27-16(18,19)20/h1-2,5-6,8-9,12H,3-4,7,10H2. The average molecular weight is 482 g/mol. The maximum Gasteiger partial charge on any atom is 0.573 e. The fourth-order valence-corrected chi connectivity index (χ4v) is 4.57. The Morgan fingerprint density at radius 1 is 1.18 bits per heavy atom. The summed E-state index contributed by atoms with van der Waals surface area (Å²) in [4.78, 5) is 7.41. The quantitative estimate of drug-likeness (QED) is 0.651. The minimum atomic E-state index is -5.00. The number of para-hydroxylation sites is 1.